The van der Waals surface area contributed by atoms with Gasteiger partial charge in [-0.25, -0.2) is 9.18 Å². The molecule has 5 nitrogen and oxygen atoms in total. The summed E-state index contributed by atoms with van der Waals surface area (Å²) in [5.41, 5.74) is 0.364. The Kier molecular flexibility index (Phi) is 6.21. The zero-order valence-corrected chi connectivity index (χ0v) is 15.4. The van der Waals surface area contributed by atoms with Crippen LogP contribution in [0.1, 0.15) is 36.7 Å². The van der Waals surface area contributed by atoms with Gasteiger partial charge in [0, 0.05) is 5.69 Å². The lowest BCUT2D eigenvalue weighted by Crippen LogP contribution is -2.27. The van der Waals surface area contributed by atoms with Crippen LogP contribution >= 0.6 is 11.6 Å². The lowest BCUT2D eigenvalue weighted by molar-refractivity contribution is 0.0635. The molecule has 0 aliphatic carbocycles. The van der Waals surface area contributed by atoms with Crippen LogP contribution in [0.25, 0.3) is 0 Å². The summed E-state index contributed by atoms with van der Waals surface area (Å²) >= 11 is 5.75. The second-order valence-electron chi connectivity index (χ2n) is 6.51. The van der Waals surface area contributed by atoms with Crippen molar-refractivity contribution < 1.29 is 23.5 Å². The maximum Gasteiger partial charge on any atom is 0.412 e. The summed E-state index contributed by atoms with van der Waals surface area (Å²) in [7, 11) is 0. The monoisotopic (exact) mass is 379 g/mol. The minimum atomic E-state index is -0.810. The second kappa shape index (κ2) is 8.19. The van der Waals surface area contributed by atoms with Crippen LogP contribution in [0.15, 0.2) is 36.4 Å². The first-order valence-corrected chi connectivity index (χ1v) is 8.22. The molecular formula is C19H19ClFNO4. The highest BCUT2D eigenvalue weighted by Crippen LogP contribution is 2.27. The Morgan fingerprint density at radius 3 is 2.65 bits per heavy atom. The average molecular weight is 380 g/mol. The van der Waals surface area contributed by atoms with Gasteiger partial charge in [0.25, 0.3) is 0 Å². The number of halogens is 2. The van der Waals surface area contributed by atoms with Crippen LogP contribution < -0.4 is 10.1 Å². The van der Waals surface area contributed by atoms with Crippen molar-refractivity contribution >= 4 is 29.7 Å². The smallest absolute Gasteiger partial charge is 0.412 e. The molecule has 0 heterocycles. The molecule has 0 bridgehead atoms. The first-order valence-electron chi connectivity index (χ1n) is 7.84. The van der Waals surface area contributed by atoms with Gasteiger partial charge in [-0.2, -0.15) is 0 Å². The Morgan fingerprint density at radius 1 is 1.27 bits per heavy atom. The molecule has 2 aromatic carbocycles. The van der Waals surface area contributed by atoms with Crippen LogP contribution in [0.3, 0.4) is 0 Å². The number of ether oxygens (including phenoxy) is 2. The number of carbonyl (C=O) groups is 2. The molecule has 26 heavy (non-hydrogen) atoms. The summed E-state index contributed by atoms with van der Waals surface area (Å²) in [6.07, 6.45) is -0.231. The topological polar surface area (TPSA) is 64.6 Å². The van der Waals surface area contributed by atoms with E-state index < -0.39 is 17.5 Å². The zero-order valence-electron chi connectivity index (χ0n) is 14.6. The molecule has 2 aromatic rings. The molecule has 1 amide bonds. The fourth-order valence-electron chi connectivity index (χ4n) is 2.09. The Hall–Kier alpha value is -2.60. The zero-order chi connectivity index (χ0) is 19.3. The lowest BCUT2D eigenvalue weighted by atomic mass is 10.2. The van der Waals surface area contributed by atoms with E-state index in [1.807, 2.05) is 0 Å². The molecule has 0 radical (unpaired) electrons. The lowest BCUT2D eigenvalue weighted by Gasteiger charge is -2.19. The summed E-state index contributed by atoms with van der Waals surface area (Å²) in [4.78, 5) is 22.7. The summed E-state index contributed by atoms with van der Waals surface area (Å²) in [6, 6.07) is 9.60. The van der Waals surface area contributed by atoms with Crippen molar-refractivity contribution in [2.24, 2.45) is 0 Å². The van der Waals surface area contributed by atoms with Crippen molar-refractivity contribution in [2.45, 2.75) is 33.0 Å². The van der Waals surface area contributed by atoms with E-state index in [2.05, 4.69) is 5.32 Å². The van der Waals surface area contributed by atoms with E-state index in [1.165, 1.54) is 12.1 Å². The Balaban J connectivity index is 2.05. The first-order chi connectivity index (χ1) is 12.2. The van der Waals surface area contributed by atoms with Gasteiger partial charge in [0.15, 0.2) is 17.9 Å². The maximum atomic E-state index is 14.1. The fourth-order valence-corrected chi connectivity index (χ4v) is 2.28. The normalized spacial score (nSPS) is 11.0. The SMILES string of the molecule is CC(C)(C)OC(=O)Nc1cccc(COc2ccc(Cl)c(C=O)c2F)c1. The van der Waals surface area contributed by atoms with Crippen molar-refractivity contribution in [2.75, 3.05) is 5.32 Å². The summed E-state index contributed by atoms with van der Waals surface area (Å²) < 4.78 is 24.7. The minimum Gasteiger partial charge on any atom is -0.486 e. The highest BCUT2D eigenvalue weighted by atomic mass is 35.5. The molecule has 1 N–H and O–H groups in total. The summed E-state index contributed by atoms with van der Waals surface area (Å²) in [5, 5.41) is 2.64. The molecule has 138 valence electrons. The van der Waals surface area contributed by atoms with Gasteiger partial charge in [0.1, 0.15) is 12.2 Å². The van der Waals surface area contributed by atoms with Crippen molar-refractivity contribution in [1.29, 1.82) is 0 Å². The maximum absolute atomic E-state index is 14.1. The molecule has 0 aliphatic heterocycles. The van der Waals surface area contributed by atoms with E-state index in [0.29, 0.717) is 17.5 Å². The van der Waals surface area contributed by atoms with Crippen molar-refractivity contribution in [3.8, 4) is 5.75 Å². The molecule has 0 unspecified atom stereocenters. The largest absolute Gasteiger partial charge is 0.486 e. The highest BCUT2D eigenvalue weighted by Gasteiger charge is 2.16. The molecule has 0 saturated carbocycles. The van der Waals surface area contributed by atoms with E-state index >= 15 is 0 Å². The third-order valence-electron chi connectivity index (χ3n) is 3.18. The summed E-state index contributed by atoms with van der Waals surface area (Å²) in [5.74, 6) is -0.891. The van der Waals surface area contributed by atoms with E-state index in [-0.39, 0.29) is 22.9 Å². The number of anilines is 1. The molecule has 0 aromatic heterocycles. The molecule has 0 saturated heterocycles. The molecule has 0 atom stereocenters. The number of aldehydes is 1. The molecule has 2 rings (SSSR count). The van der Waals surface area contributed by atoms with Crippen molar-refractivity contribution in [3.05, 3.63) is 58.4 Å². The predicted octanol–water partition coefficient (Wildman–Crippen LogP) is 5.22. The van der Waals surface area contributed by atoms with Gasteiger partial charge in [-0.3, -0.25) is 10.1 Å². The van der Waals surface area contributed by atoms with Gasteiger partial charge < -0.3 is 9.47 Å². The Morgan fingerprint density at radius 2 is 2.00 bits per heavy atom. The third-order valence-corrected chi connectivity index (χ3v) is 3.51. The Labute approximate surface area is 156 Å². The van der Waals surface area contributed by atoms with Crippen LogP contribution in [-0.4, -0.2) is 18.0 Å². The van der Waals surface area contributed by atoms with E-state index in [0.717, 1.165) is 0 Å². The van der Waals surface area contributed by atoms with Gasteiger partial charge >= 0.3 is 6.09 Å². The van der Waals surface area contributed by atoms with Crippen LogP contribution in [0.5, 0.6) is 5.75 Å². The standard InChI is InChI=1S/C19H19ClFNO4/c1-19(2,3)26-18(24)22-13-6-4-5-12(9-13)11-25-16-8-7-15(20)14(10-23)17(16)21/h4-10H,11H2,1-3H3,(H,22,24). The number of rotatable bonds is 5. The molecular weight excluding hydrogens is 361 g/mol. The van der Waals surface area contributed by atoms with Gasteiger partial charge in [-0.05, 0) is 50.6 Å². The quantitative estimate of drug-likeness (QED) is 0.723. The van der Waals surface area contributed by atoms with Crippen LogP contribution in [-0.2, 0) is 11.3 Å². The van der Waals surface area contributed by atoms with Crippen LogP contribution in [0.2, 0.25) is 5.02 Å². The number of hydrogen-bond donors (Lipinski definition) is 1. The van der Waals surface area contributed by atoms with E-state index in [9.17, 15) is 14.0 Å². The second-order valence-corrected chi connectivity index (χ2v) is 6.91. The van der Waals surface area contributed by atoms with E-state index in [4.69, 9.17) is 21.1 Å². The van der Waals surface area contributed by atoms with Gasteiger partial charge in [-0.1, -0.05) is 23.7 Å². The number of amides is 1. The molecule has 7 heteroatoms. The van der Waals surface area contributed by atoms with Crippen molar-refractivity contribution in [1.82, 2.24) is 0 Å². The Bertz CT molecular complexity index is 818. The number of nitrogens with one attached hydrogen (secondary N) is 1. The molecule has 0 aliphatic rings. The third kappa shape index (κ3) is 5.46. The molecule has 0 fully saturated rings. The number of carbonyl (C=O) groups excluding carboxylic acids is 2. The number of hydrogen-bond acceptors (Lipinski definition) is 4. The minimum absolute atomic E-state index is 0.0217. The van der Waals surface area contributed by atoms with Crippen molar-refractivity contribution in [3.63, 3.8) is 0 Å². The van der Waals surface area contributed by atoms with Gasteiger partial charge in [0.05, 0.1) is 10.6 Å². The predicted molar refractivity (Wildman–Crippen MR) is 97.4 cm³/mol. The van der Waals surface area contributed by atoms with Crippen LogP contribution in [0, 0.1) is 5.82 Å². The fraction of sp³-hybridized carbons (Fsp3) is 0.263. The summed E-state index contributed by atoms with van der Waals surface area (Å²) in [6.45, 7) is 5.35. The highest BCUT2D eigenvalue weighted by molar-refractivity contribution is 6.33. The van der Waals surface area contributed by atoms with Gasteiger partial charge in [-0.15, -0.1) is 0 Å². The van der Waals surface area contributed by atoms with Gasteiger partial charge in [0.2, 0.25) is 0 Å². The molecule has 0 spiro atoms. The first kappa shape index (κ1) is 19.7. The van der Waals surface area contributed by atoms with E-state index in [1.54, 1.807) is 45.0 Å². The number of benzene rings is 2. The van der Waals surface area contributed by atoms with Crippen LogP contribution in [0.4, 0.5) is 14.9 Å². The average Bonchev–Trinajstić information content (AvgIpc) is 2.53.